The van der Waals surface area contributed by atoms with Crippen LogP contribution >= 0.6 is 12.4 Å². The van der Waals surface area contributed by atoms with Crippen molar-refractivity contribution in [2.24, 2.45) is 0 Å². The number of rotatable bonds is 2. The zero-order valence-electron chi connectivity index (χ0n) is 11.9. The first kappa shape index (κ1) is 15.4. The van der Waals surface area contributed by atoms with Crippen LogP contribution in [0, 0.1) is 6.92 Å². The molecule has 2 aromatic rings. The predicted octanol–water partition coefficient (Wildman–Crippen LogP) is 2.24. The van der Waals surface area contributed by atoms with E-state index >= 15 is 0 Å². The Morgan fingerprint density at radius 3 is 3.00 bits per heavy atom. The number of H-pyrrole nitrogens is 1. The van der Waals surface area contributed by atoms with Gasteiger partial charge in [-0.2, -0.15) is 5.10 Å². The van der Waals surface area contributed by atoms with Gasteiger partial charge in [0.15, 0.2) is 0 Å². The molecule has 0 aliphatic carbocycles. The SMILES string of the molecule is Cc1cc(CC(=O)N2CCCc3c(N)cccc32)n[nH]1.Cl. The van der Waals surface area contributed by atoms with Crippen molar-refractivity contribution in [3.63, 3.8) is 0 Å². The summed E-state index contributed by atoms with van der Waals surface area (Å²) in [5, 5.41) is 6.99. The Morgan fingerprint density at radius 1 is 1.48 bits per heavy atom. The number of nitrogen functional groups attached to an aromatic ring is 1. The summed E-state index contributed by atoms with van der Waals surface area (Å²) in [5.74, 6) is 0.0723. The van der Waals surface area contributed by atoms with Crippen molar-refractivity contribution >= 4 is 29.7 Å². The van der Waals surface area contributed by atoms with E-state index in [1.165, 1.54) is 0 Å². The number of nitrogens with zero attached hydrogens (tertiary/aromatic N) is 2. The molecule has 1 aromatic heterocycles. The first-order valence-corrected chi connectivity index (χ1v) is 6.84. The molecule has 112 valence electrons. The van der Waals surface area contributed by atoms with Crippen molar-refractivity contribution in [1.29, 1.82) is 0 Å². The number of nitrogens with two attached hydrogens (primary N) is 1. The Hall–Kier alpha value is -2.01. The van der Waals surface area contributed by atoms with E-state index in [9.17, 15) is 4.79 Å². The van der Waals surface area contributed by atoms with Gasteiger partial charge >= 0.3 is 0 Å². The van der Waals surface area contributed by atoms with Crippen LogP contribution in [0.1, 0.15) is 23.4 Å². The maximum Gasteiger partial charge on any atom is 0.233 e. The van der Waals surface area contributed by atoms with E-state index in [0.29, 0.717) is 6.42 Å². The number of aryl methyl sites for hydroxylation is 1. The number of aromatic amines is 1. The van der Waals surface area contributed by atoms with Crippen LogP contribution in [0.3, 0.4) is 0 Å². The lowest BCUT2D eigenvalue weighted by Gasteiger charge is -2.30. The summed E-state index contributed by atoms with van der Waals surface area (Å²) in [4.78, 5) is 14.3. The molecule has 0 unspecified atom stereocenters. The molecule has 0 fully saturated rings. The Morgan fingerprint density at radius 2 is 2.29 bits per heavy atom. The highest BCUT2D eigenvalue weighted by molar-refractivity contribution is 5.96. The van der Waals surface area contributed by atoms with Crippen LogP contribution < -0.4 is 10.6 Å². The van der Waals surface area contributed by atoms with Gasteiger partial charge in [0.2, 0.25) is 5.91 Å². The van der Waals surface area contributed by atoms with E-state index in [0.717, 1.165) is 47.7 Å². The van der Waals surface area contributed by atoms with Crippen LogP contribution in [0.4, 0.5) is 11.4 Å². The molecule has 1 aliphatic heterocycles. The van der Waals surface area contributed by atoms with Crippen molar-refractivity contribution in [2.75, 3.05) is 17.2 Å². The van der Waals surface area contributed by atoms with Crippen molar-refractivity contribution in [3.8, 4) is 0 Å². The average molecular weight is 307 g/mol. The Balaban J connectivity index is 0.00000161. The number of benzene rings is 1. The van der Waals surface area contributed by atoms with E-state index in [4.69, 9.17) is 5.73 Å². The molecule has 21 heavy (non-hydrogen) atoms. The number of carbonyl (C=O) groups excluding carboxylic acids is 1. The number of nitrogens with one attached hydrogen (secondary N) is 1. The Labute approximate surface area is 129 Å². The fraction of sp³-hybridized carbons (Fsp3) is 0.333. The average Bonchev–Trinajstić information content (AvgIpc) is 2.84. The van der Waals surface area contributed by atoms with E-state index in [1.54, 1.807) is 0 Å². The molecule has 6 heteroatoms. The van der Waals surface area contributed by atoms with Gasteiger partial charge in [-0.3, -0.25) is 9.89 Å². The minimum absolute atomic E-state index is 0. The summed E-state index contributed by atoms with van der Waals surface area (Å²) in [6.07, 6.45) is 2.21. The standard InChI is InChI=1S/C15H18N4O.ClH/c1-10-8-11(18-17-10)9-15(20)19-7-3-4-12-13(16)5-2-6-14(12)19;/h2,5-6,8H,3-4,7,9,16H2,1H3,(H,17,18);1H. The van der Waals surface area contributed by atoms with Crippen LogP contribution in [0.2, 0.25) is 0 Å². The molecule has 0 saturated carbocycles. The summed E-state index contributed by atoms with van der Waals surface area (Å²) in [7, 11) is 0. The van der Waals surface area contributed by atoms with Crippen LogP contribution in [0.15, 0.2) is 24.3 Å². The number of hydrogen-bond acceptors (Lipinski definition) is 3. The Bertz CT molecular complexity index is 653. The molecule has 1 aliphatic rings. The number of carbonyl (C=O) groups is 1. The van der Waals surface area contributed by atoms with Crippen LogP contribution in [0.5, 0.6) is 0 Å². The number of fused-ring (bicyclic) bond motifs is 1. The number of anilines is 2. The zero-order valence-corrected chi connectivity index (χ0v) is 12.7. The van der Waals surface area contributed by atoms with Crippen LogP contribution in [-0.2, 0) is 17.6 Å². The number of amides is 1. The van der Waals surface area contributed by atoms with Gasteiger partial charge in [-0.25, -0.2) is 0 Å². The fourth-order valence-corrected chi connectivity index (χ4v) is 2.73. The molecule has 0 radical (unpaired) electrons. The van der Waals surface area contributed by atoms with Gasteiger partial charge in [0, 0.05) is 23.6 Å². The quantitative estimate of drug-likeness (QED) is 0.836. The second-order valence-electron chi connectivity index (χ2n) is 5.21. The van der Waals surface area contributed by atoms with E-state index in [-0.39, 0.29) is 18.3 Å². The van der Waals surface area contributed by atoms with E-state index < -0.39 is 0 Å². The minimum Gasteiger partial charge on any atom is -0.398 e. The number of aromatic nitrogens is 2. The smallest absolute Gasteiger partial charge is 0.233 e. The van der Waals surface area contributed by atoms with Crippen molar-refractivity contribution < 1.29 is 4.79 Å². The highest BCUT2D eigenvalue weighted by atomic mass is 35.5. The summed E-state index contributed by atoms with van der Waals surface area (Å²) >= 11 is 0. The van der Waals surface area contributed by atoms with Gasteiger partial charge in [-0.15, -0.1) is 12.4 Å². The molecule has 2 heterocycles. The maximum atomic E-state index is 12.5. The van der Waals surface area contributed by atoms with E-state index in [2.05, 4.69) is 10.2 Å². The molecule has 0 atom stereocenters. The Kier molecular flexibility index (Phi) is 4.53. The fourth-order valence-electron chi connectivity index (χ4n) is 2.73. The van der Waals surface area contributed by atoms with Gasteiger partial charge < -0.3 is 10.6 Å². The van der Waals surface area contributed by atoms with Gasteiger partial charge in [0.05, 0.1) is 12.1 Å². The van der Waals surface area contributed by atoms with E-state index in [1.807, 2.05) is 36.1 Å². The third-order valence-electron chi connectivity index (χ3n) is 3.68. The zero-order chi connectivity index (χ0) is 14.1. The van der Waals surface area contributed by atoms with Gasteiger partial charge in [-0.05, 0) is 43.5 Å². The lowest BCUT2D eigenvalue weighted by atomic mass is 9.99. The second kappa shape index (κ2) is 6.18. The van der Waals surface area contributed by atoms with Crippen molar-refractivity contribution in [1.82, 2.24) is 10.2 Å². The lowest BCUT2D eigenvalue weighted by Crippen LogP contribution is -2.36. The van der Waals surface area contributed by atoms with Crippen molar-refractivity contribution in [2.45, 2.75) is 26.2 Å². The topological polar surface area (TPSA) is 75.0 Å². The molecule has 0 saturated heterocycles. The molecule has 5 nitrogen and oxygen atoms in total. The lowest BCUT2D eigenvalue weighted by molar-refractivity contribution is -0.118. The highest BCUT2D eigenvalue weighted by Gasteiger charge is 2.24. The highest BCUT2D eigenvalue weighted by Crippen LogP contribution is 2.31. The second-order valence-corrected chi connectivity index (χ2v) is 5.21. The number of halogens is 1. The molecular formula is C15H19ClN4O. The molecular weight excluding hydrogens is 288 g/mol. The molecule has 3 N–H and O–H groups in total. The summed E-state index contributed by atoms with van der Waals surface area (Å²) in [6, 6.07) is 7.67. The third-order valence-corrected chi connectivity index (χ3v) is 3.68. The van der Waals surface area contributed by atoms with Crippen molar-refractivity contribution in [3.05, 3.63) is 41.2 Å². The first-order chi connectivity index (χ1) is 9.65. The molecule has 0 bridgehead atoms. The largest absolute Gasteiger partial charge is 0.398 e. The van der Waals surface area contributed by atoms with Crippen LogP contribution in [0.25, 0.3) is 0 Å². The molecule has 1 amide bonds. The van der Waals surface area contributed by atoms with Crippen LogP contribution in [-0.4, -0.2) is 22.6 Å². The van der Waals surface area contributed by atoms with Gasteiger partial charge in [-0.1, -0.05) is 6.07 Å². The number of hydrogen-bond donors (Lipinski definition) is 2. The monoisotopic (exact) mass is 306 g/mol. The van der Waals surface area contributed by atoms with Gasteiger partial charge in [0.25, 0.3) is 0 Å². The summed E-state index contributed by atoms with van der Waals surface area (Å²) < 4.78 is 0. The normalized spacial score (nSPS) is 13.5. The predicted molar refractivity (Wildman–Crippen MR) is 85.8 cm³/mol. The maximum absolute atomic E-state index is 12.5. The third kappa shape index (κ3) is 3.03. The molecule has 3 rings (SSSR count). The summed E-state index contributed by atoms with van der Waals surface area (Å²) in [6.45, 7) is 2.68. The first-order valence-electron chi connectivity index (χ1n) is 6.84. The van der Waals surface area contributed by atoms with Gasteiger partial charge in [0.1, 0.15) is 0 Å². The molecule has 1 aromatic carbocycles. The molecule has 0 spiro atoms. The summed E-state index contributed by atoms with van der Waals surface area (Å²) in [5.41, 5.74) is 10.6. The minimum atomic E-state index is 0.